The van der Waals surface area contributed by atoms with Gasteiger partial charge in [0, 0.05) is 13.9 Å². The van der Waals surface area contributed by atoms with Crippen molar-refractivity contribution < 1.29 is 6.53 Å². The highest BCUT2D eigenvalue weighted by atomic mass is 16.3. The highest BCUT2D eigenvalue weighted by molar-refractivity contribution is 5.26. The lowest BCUT2D eigenvalue weighted by atomic mass is 9.66. The van der Waals surface area contributed by atoms with E-state index < -0.39 is 5.60 Å². The van der Waals surface area contributed by atoms with Gasteiger partial charge in [-0.3, -0.25) is 0 Å². The van der Waals surface area contributed by atoms with Gasteiger partial charge in [0.2, 0.25) is 0 Å². The summed E-state index contributed by atoms with van der Waals surface area (Å²) in [5.41, 5.74) is 1.69. The van der Waals surface area contributed by atoms with E-state index in [-0.39, 0.29) is 1.43 Å². The topological polar surface area (TPSA) is 23.5 Å². The molecular formula is C22H29NO. The third kappa shape index (κ3) is 3.01. The zero-order chi connectivity index (χ0) is 16.4. The summed E-state index contributed by atoms with van der Waals surface area (Å²) < 4.78 is 0. The van der Waals surface area contributed by atoms with Crippen LogP contribution in [0, 0.1) is 11.8 Å². The number of hydrogen-bond acceptors (Lipinski definition) is 2. The molecule has 2 bridgehead atoms. The first kappa shape index (κ1) is 15.9. The van der Waals surface area contributed by atoms with Gasteiger partial charge in [-0.05, 0) is 55.8 Å². The molecule has 0 saturated carbocycles. The first-order valence-electron chi connectivity index (χ1n) is 9.30. The van der Waals surface area contributed by atoms with Gasteiger partial charge < -0.3 is 10.0 Å². The summed E-state index contributed by atoms with van der Waals surface area (Å²) in [7, 11) is 0. The average Bonchev–Trinajstić information content (AvgIpc) is 2.68. The molecule has 1 N–H and O–H groups in total. The van der Waals surface area contributed by atoms with E-state index in [1.807, 2.05) is 6.07 Å². The summed E-state index contributed by atoms with van der Waals surface area (Å²) in [6.07, 6.45) is 4.21. The lowest BCUT2D eigenvalue weighted by Gasteiger charge is -2.51. The van der Waals surface area contributed by atoms with Crippen molar-refractivity contribution in [3.8, 4) is 0 Å². The highest BCUT2D eigenvalue weighted by Crippen LogP contribution is 2.45. The molecule has 0 radical (unpaired) electrons. The van der Waals surface area contributed by atoms with Gasteiger partial charge in [0.05, 0.1) is 5.60 Å². The second-order valence-corrected chi connectivity index (χ2v) is 7.52. The van der Waals surface area contributed by atoms with E-state index in [1.54, 1.807) is 0 Å². The first-order chi connectivity index (χ1) is 11.8. The fourth-order valence-electron chi connectivity index (χ4n) is 4.76. The third-order valence-corrected chi connectivity index (χ3v) is 6.18. The minimum atomic E-state index is -0.721. The minimum Gasteiger partial charge on any atom is -0.385 e. The fraction of sp³-hybridized carbons (Fsp3) is 0.455. The predicted octanol–water partition coefficient (Wildman–Crippen LogP) is 4.09. The summed E-state index contributed by atoms with van der Waals surface area (Å²) in [5, 5.41) is 11.9. The van der Waals surface area contributed by atoms with Crippen molar-refractivity contribution in [1.82, 2.24) is 4.90 Å². The predicted molar refractivity (Wildman–Crippen MR) is 99.9 cm³/mol. The molecule has 2 atom stereocenters. The summed E-state index contributed by atoms with van der Waals surface area (Å²) in [6, 6.07) is 21.0. The maximum absolute atomic E-state index is 11.9. The summed E-state index contributed by atoms with van der Waals surface area (Å²) in [6.45, 7) is 3.47. The molecular weight excluding hydrogens is 294 g/mol. The van der Waals surface area contributed by atoms with Crippen molar-refractivity contribution in [1.29, 1.82) is 0 Å². The molecule has 2 aromatic carbocycles. The molecule has 0 amide bonds. The van der Waals surface area contributed by atoms with Crippen LogP contribution in [-0.2, 0) is 12.0 Å². The molecule has 128 valence electrons. The zero-order valence-corrected chi connectivity index (χ0v) is 14.3. The van der Waals surface area contributed by atoms with E-state index in [0.29, 0.717) is 11.8 Å². The van der Waals surface area contributed by atoms with Crippen LogP contribution in [0.3, 0.4) is 0 Å². The van der Waals surface area contributed by atoms with Gasteiger partial charge in [0.1, 0.15) is 0 Å². The Morgan fingerprint density at radius 1 is 0.958 bits per heavy atom. The van der Waals surface area contributed by atoms with E-state index in [9.17, 15) is 5.11 Å². The van der Waals surface area contributed by atoms with E-state index in [1.165, 1.54) is 31.5 Å². The van der Waals surface area contributed by atoms with Crippen molar-refractivity contribution in [2.75, 3.05) is 19.6 Å². The summed E-state index contributed by atoms with van der Waals surface area (Å²) in [5.74, 6) is 1.02. The van der Waals surface area contributed by atoms with Gasteiger partial charge in [0.15, 0.2) is 0 Å². The van der Waals surface area contributed by atoms with Crippen molar-refractivity contribution in [3.63, 3.8) is 0 Å². The molecule has 3 aliphatic rings. The maximum atomic E-state index is 11.9. The number of fused-ring (bicyclic) bond motifs is 3. The average molecular weight is 323 g/mol. The second kappa shape index (κ2) is 6.70. The molecule has 2 nitrogen and oxygen atoms in total. The number of piperidine rings is 3. The smallest absolute Gasteiger partial charge is 0.0942 e. The molecule has 2 heteroatoms. The quantitative estimate of drug-likeness (QED) is 0.895. The molecule has 2 aromatic rings. The lowest BCUT2D eigenvalue weighted by Crippen LogP contribution is -2.55. The Morgan fingerprint density at radius 2 is 1.58 bits per heavy atom. The standard InChI is InChI=1S/C22H27NO.H2/c24-22(20-9-5-2-6-10-20,14-11-18-7-3-1-4-8-18)21-17-23-15-12-19(21)13-16-23;/h1-10,19,21,24H,11-17H2;1H. The molecule has 3 aliphatic heterocycles. The molecule has 0 aliphatic carbocycles. The Kier molecular flexibility index (Phi) is 4.43. The minimum absolute atomic E-state index is 0. The molecule has 2 unspecified atom stereocenters. The Balaban J connectivity index is 0.00000182. The Hall–Kier alpha value is -1.64. The van der Waals surface area contributed by atoms with E-state index in [0.717, 1.165) is 24.9 Å². The number of nitrogens with zero attached hydrogens (tertiary/aromatic N) is 1. The summed E-state index contributed by atoms with van der Waals surface area (Å²) >= 11 is 0. The Morgan fingerprint density at radius 3 is 2.17 bits per heavy atom. The van der Waals surface area contributed by atoms with Gasteiger partial charge >= 0.3 is 0 Å². The van der Waals surface area contributed by atoms with Crippen LogP contribution in [0.5, 0.6) is 0 Å². The molecule has 3 fully saturated rings. The number of aryl methyl sites for hydroxylation is 1. The lowest BCUT2D eigenvalue weighted by molar-refractivity contribution is -0.106. The molecule has 0 spiro atoms. The largest absolute Gasteiger partial charge is 0.385 e. The van der Waals surface area contributed by atoms with E-state index in [4.69, 9.17) is 0 Å². The van der Waals surface area contributed by atoms with E-state index in [2.05, 4.69) is 59.5 Å². The molecule has 3 saturated heterocycles. The van der Waals surface area contributed by atoms with Crippen LogP contribution in [0.1, 0.15) is 31.8 Å². The second-order valence-electron chi connectivity index (χ2n) is 7.52. The van der Waals surface area contributed by atoms with Gasteiger partial charge in [-0.2, -0.15) is 0 Å². The Labute approximate surface area is 146 Å². The third-order valence-electron chi connectivity index (χ3n) is 6.18. The van der Waals surface area contributed by atoms with Crippen LogP contribution in [0.25, 0.3) is 0 Å². The monoisotopic (exact) mass is 323 g/mol. The first-order valence-corrected chi connectivity index (χ1v) is 9.30. The van der Waals surface area contributed by atoms with Crippen LogP contribution in [0.15, 0.2) is 60.7 Å². The number of hydrogen-bond donors (Lipinski definition) is 1. The van der Waals surface area contributed by atoms with Crippen LogP contribution >= 0.6 is 0 Å². The molecule has 24 heavy (non-hydrogen) atoms. The van der Waals surface area contributed by atoms with Crippen LogP contribution in [0.2, 0.25) is 0 Å². The molecule has 0 aromatic heterocycles. The van der Waals surface area contributed by atoms with E-state index >= 15 is 0 Å². The van der Waals surface area contributed by atoms with Crippen molar-refractivity contribution in [2.45, 2.75) is 31.3 Å². The zero-order valence-electron chi connectivity index (χ0n) is 14.3. The van der Waals surface area contributed by atoms with Gasteiger partial charge in [-0.25, -0.2) is 0 Å². The van der Waals surface area contributed by atoms with Gasteiger partial charge in [-0.1, -0.05) is 60.7 Å². The van der Waals surface area contributed by atoms with Gasteiger partial charge in [-0.15, -0.1) is 0 Å². The van der Waals surface area contributed by atoms with Crippen LogP contribution < -0.4 is 0 Å². The van der Waals surface area contributed by atoms with Crippen LogP contribution in [-0.4, -0.2) is 29.6 Å². The number of aliphatic hydroxyl groups is 1. The molecule has 3 heterocycles. The van der Waals surface area contributed by atoms with Crippen molar-refractivity contribution in [2.24, 2.45) is 11.8 Å². The van der Waals surface area contributed by atoms with Crippen molar-refractivity contribution >= 4 is 0 Å². The summed E-state index contributed by atoms with van der Waals surface area (Å²) in [4.78, 5) is 2.54. The fourth-order valence-corrected chi connectivity index (χ4v) is 4.76. The SMILES string of the molecule is OC(CCc1ccccc1)(c1ccccc1)C1CN2CCC1CC2.[HH]. The number of benzene rings is 2. The van der Waals surface area contributed by atoms with Crippen LogP contribution in [0.4, 0.5) is 0 Å². The maximum Gasteiger partial charge on any atom is 0.0942 e. The number of rotatable bonds is 5. The molecule has 5 rings (SSSR count). The van der Waals surface area contributed by atoms with Crippen molar-refractivity contribution in [3.05, 3.63) is 71.8 Å². The normalized spacial score (nSPS) is 28.5. The van der Waals surface area contributed by atoms with Gasteiger partial charge in [0.25, 0.3) is 0 Å². The Bertz CT molecular complexity index is 654. The highest BCUT2D eigenvalue weighted by Gasteiger charge is 2.47.